The molecule has 1 unspecified atom stereocenters. The molecule has 0 heterocycles. The smallest absolute Gasteiger partial charge is 0.123 e. The molecule has 6 heteroatoms. The van der Waals surface area contributed by atoms with Crippen molar-refractivity contribution in [3.63, 3.8) is 0 Å². The van der Waals surface area contributed by atoms with Gasteiger partial charge in [-0.2, -0.15) is 0 Å². The van der Waals surface area contributed by atoms with Gasteiger partial charge in [-0.3, -0.25) is 0 Å². The molecule has 1 atom stereocenters. The number of benzene rings is 2. The second-order valence-electron chi connectivity index (χ2n) is 5.28. The number of halogens is 1. The average Bonchev–Trinajstić information content (AvgIpc) is 2.47. The summed E-state index contributed by atoms with van der Waals surface area (Å²) in [5.41, 5.74) is 6.63. The number of nitrogens with two attached hydrogens (primary N) is 2. The van der Waals surface area contributed by atoms with Gasteiger partial charge in [-0.15, -0.1) is 5.10 Å². The van der Waals surface area contributed by atoms with Crippen LogP contribution >= 0.6 is 0 Å². The predicted octanol–water partition coefficient (Wildman–Crippen LogP) is 2.10. The molecule has 22 heavy (non-hydrogen) atoms. The Morgan fingerprint density at radius 1 is 1.27 bits per heavy atom. The van der Waals surface area contributed by atoms with Crippen LogP contribution in [0.3, 0.4) is 0 Å². The first-order valence-corrected chi connectivity index (χ1v) is 7.19. The van der Waals surface area contributed by atoms with Crippen LogP contribution in [0.15, 0.2) is 41.5 Å². The van der Waals surface area contributed by atoms with Gasteiger partial charge in [-0.05, 0) is 61.5 Å². The first-order valence-electron chi connectivity index (χ1n) is 7.19. The Hall–Kier alpha value is -2.18. The van der Waals surface area contributed by atoms with Gasteiger partial charge in [-0.25, -0.2) is 15.4 Å². The highest BCUT2D eigenvalue weighted by Crippen LogP contribution is 2.26. The molecule has 0 radical (unpaired) electrons. The number of hydrogen-bond acceptors (Lipinski definition) is 4. The second kappa shape index (κ2) is 7.20. The van der Waals surface area contributed by atoms with Gasteiger partial charge in [0, 0.05) is 0 Å². The van der Waals surface area contributed by atoms with E-state index >= 15 is 0 Å². The molecule has 0 aromatic heterocycles. The highest BCUT2D eigenvalue weighted by Gasteiger charge is 2.17. The Balaban J connectivity index is 2.37. The van der Waals surface area contributed by atoms with Crippen molar-refractivity contribution < 1.29 is 4.39 Å². The first kappa shape index (κ1) is 16.2. The van der Waals surface area contributed by atoms with Gasteiger partial charge in [-0.1, -0.05) is 18.2 Å². The van der Waals surface area contributed by atoms with Crippen LogP contribution in [0.4, 0.5) is 4.39 Å². The SMILES string of the molecule is CNCCC(c1ccc2cc(F)ccc2c1)N(N)/N=C(/C)N. The van der Waals surface area contributed by atoms with Gasteiger partial charge in [0.15, 0.2) is 0 Å². The van der Waals surface area contributed by atoms with E-state index in [1.807, 2.05) is 25.2 Å². The summed E-state index contributed by atoms with van der Waals surface area (Å²) in [6, 6.07) is 10.5. The lowest BCUT2D eigenvalue weighted by atomic mass is 10.00. The van der Waals surface area contributed by atoms with E-state index in [1.54, 1.807) is 13.0 Å². The van der Waals surface area contributed by atoms with Crippen molar-refractivity contribution in [1.82, 2.24) is 10.4 Å². The molecule has 2 aromatic rings. The summed E-state index contributed by atoms with van der Waals surface area (Å²) in [4.78, 5) is 0. The van der Waals surface area contributed by atoms with E-state index in [1.165, 1.54) is 17.3 Å². The number of amidine groups is 1. The molecular weight excluding hydrogens is 281 g/mol. The number of hydrazone groups is 1. The summed E-state index contributed by atoms with van der Waals surface area (Å²) in [7, 11) is 1.89. The van der Waals surface area contributed by atoms with Crippen molar-refractivity contribution in [2.75, 3.05) is 13.6 Å². The van der Waals surface area contributed by atoms with Crippen LogP contribution in [0.5, 0.6) is 0 Å². The Bertz CT molecular complexity index is 667. The molecule has 2 aromatic carbocycles. The zero-order valence-electron chi connectivity index (χ0n) is 12.9. The third kappa shape index (κ3) is 3.93. The van der Waals surface area contributed by atoms with E-state index in [2.05, 4.69) is 10.4 Å². The van der Waals surface area contributed by atoms with Crippen LogP contribution < -0.4 is 16.9 Å². The maximum Gasteiger partial charge on any atom is 0.123 e. The highest BCUT2D eigenvalue weighted by molar-refractivity contribution is 5.83. The summed E-state index contributed by atoms with van der Waals surface area (Å²) in [6.07, 6.45) is 0.774. The van der Waals surface area contributed by atoms with Crippen LogP contribution in [0.2, 0.25) is 0 Å². The van der Waals surface area contributed by atoms with Crippen molar-refractivity contribution in [3.8, 4) is 0 Å². The van der Waals surface area contributed by atoms with Crippen LogP contribution in [0.25, 0.3) is 10.8 Å². The predicted molar refractivity (Wildman–Crippen MR) is 88.5 cm³/mol. The van der Waals surface area contributed by atoms with E-state index in [0.29, 0.717) is 5.84 Å². The summed E-state index contributed by atoms with van der Waals surface area (Å²) in [6.45, 7) is 2.48. The van der Waals surface area contributed by atoms with Gasteiger partial charge in [0.05, 0.1) is 6.04 Å². The van der Waals surface area contributed by atoms with Gasteiger partial charge < -0.3 is 11.1 Å². The summed E-state index contributed by atoms with van der Waals surface area (Å²) in [5.74, 6) is 6.20. The van der Waals surface area contributed by atoms with Gasteiger partial charge in [0.25, 0.3) is 0 Å². The monoisotopic (exact) mass is 303 g/mol. The maximum atomic E-state index is 13.3. The van der Waals surface area contributed by atoms with E-state index in [9.17, 15) is 4.39 Å². The fourth-order valence-electron chi connectivity index (χ4n) is 2.43. The van der Waals surface area contributed by atoms with Crippen molar-refractivity contribution in [2.45, 2.75) is 19.4 Å². The molecule has 5 nitrogen and oxygen atoms in total. The molecule has 0 aliphatic heterocycles. The van der Waals surface area contributed by atoms with Crippen molar-refractivity contribution in [3.05, 3.63) is 47.8 Å². The number of nitrogens with one attached hydrogen (secondary N) is 1. The highest BCUT2D eigenvalue weighted by atomic mass is 19.1. The van der Waals surface area contributed by atoms with Crippen molar-refractivity contribution in [2.24, 2.45) is 16.7 Å². The molecule has 5 N–H and O–H groups in total. The first-order chi connectivity index (χ1) is 10.5. The van der Waals surface area contributed by atoms with E-state index in [-0.39, 0.29) is 11.9 Å². The summed E-state index contributed by atoms with van der Waals surface area (Å²) < 4.78 is 13.3. The quantitative estimate of drug-likeness (QED) is 0.330. The van der Waals surface area contributed by atoms with Crippen LogP contribution in [0.1, 0.15) is 24.9 Å². The van der Waals surface area contributed by atoms with Crippen LogP contribution in [0, 0.1) is 5.82 Å². The number of nitrogens with zero attached hydrogens (tertiary/aromatic N) is 2. The molecule has 0 saturated heterocycles. The molecule has 2 rings (SSSR count). The van der Waals surface area contributed by atoms with Gasteiger partial charge in [0.2, 0.25) is 0 Å². The fourth-order valence-corrected chi connectivity index (χ4v) is 2.43. The zero-order chi connectivity index (χ0) is 16.1. The Morgan fingerprint density at radius 2 is 1.95 bits per heavy atom. The van der Waals surface area contributed by atoms with Crippen LogP contribution in [-0.4, -0.2) is 24.5 Å². The van der Waals surface area contributed by atoms with Gasteiger partial charge >= 0.3 is 0 Å². The lowest BCUT2D eigenvalue weighted by Gasteiger charge is -2.26. The Morgan fingerprint density at radius 3 is 2.64 bits per heavy atom. The molecule has 0 fully saturated rings. The van der Waals surface area contributed by atoms with E-state index < -0.39 is 0 Å². The lowest BCUT2D eigenvalue weighted by Crippen LogP contribution is -2.34. The molecule has 0 aliphatic rings. The van der Waals surface area contributed by atoms with E-state index in [4.69, 9.17) is 11.6 Å². The number of fused-ring (bicyclic) bond motifs is 1. The largest absolute Gasteiger partial charge is 0.386 e. The Kier molecular flexibility index (Phi) is 5.30. The summed E-state index contributed by atoms with van der Waals surface area (Å²) in [5, 5.41) is 10.4. The fraction of sp³-hybridized carbons (Fsp3) is 0.312. The zero-order valence-corrected chi connectivity index (χ0v) is 12.9. The molecule has 0 aliphatic carbocycles. The molecular formula is C16H22FN5. The molecule has 0 saturated carbocycles. The standard InChI is InChI=1S/C16H22FN5/c1-11(18)21-22(19)16(7-8-20-2)14-4-3-13-10-15(17)6-5-12(13)9-14/h3-6,9-10,16,20H,7-8,19H2,1-2H3,(H2,18,21). The number of hydrogen-bond donors (Lipinski definition) is 3. The minimum absolute atomic E-state index is 0.111. The third-order valence-corrected chi connectivity index (χ3v) is 3.47. The van der Waals surface area contributed by atoms with Crippen molar-refractivity contribution in [1.29, 1.82) is 0 Å². The van der Waals surface area contributed by atoms with Crippen LogP contribution in [-0.2, 0) is 0 Å². The molecule has 0 amide bonds. The lowest BCUT2D eigenvalue weighted by molar-refractivity contribution is 0.200. The number of hydrazine groups is 1. The average molecular weight is 303 g/mol. The topological polar surface area (TPSA) is 79.7 Å². The van der Waals surface area contributed by atoms with Crippen molar-refractivity contribution >= 4 is 16.6 Å². The maximum absolute atomic E-state index is 13.3. The minimum atomic E-state index is -0.240. The Labute approximate surface area is 129 Å². The molecule has 118 valence electrons. The third-order valence-electron chi connectivity index (χ3n) is 3.47. The molecule has 0 spiro atoms. The summed E-state index contributed by atoms with van der Waals surface area (Å²) >= 11 is 0. The second-order valence-corrected chi connectivity index (χ2v) is 5.28. The number of rotatable bonds is 6. The normalized spacial score (nSPS) is 13.4. The van der Waals surface area contributed by atoms with E-state index in [0.717, 1.165) is 29.3 Å². The molecule has 0 bridgehead atoms. The minimum Gasteiger partial charge on any atom is -0.386 e. The van der Waals surface area contributed by atoms with Gasteiger partial charge in [0.1, 0.15) is 11.7 Å².